The van der Waals surface area contributed by atoms with E-state index in [1.165, 1.54) is 62.5 Å². The highest BCUT2D eigenvalue weighted by molar-refractivity contribution is 7.27. The summed E-state index contributed by atoms with van der Waals surface area (Å²) in [6.07, 6.45) is 0. The lowest BCUT2D eigenvalue weighted by Crippen LogP contribution is -1.90. The van der Waals surface area contributed by atoms with Crippen LogP contribution in [0.4, 0.5) is 11.4 Å². The Bertz CT molecular complexity index is 2070. The van der Waals surface area contributed by atoms with Crippen LogP contribution in [0.2, 0.25) is 0 Å². The Labute approximate surface area is 215 Å². The molecule has 0 saturated carbocycles. The van der Waals surface area contributed by atoms with Crippen molar-refractivity contribution < 1.29 is 0 Å². The van der Waals surface area contributed by atoms with E-state index in [1.807, 2.05) is 22.7 Å². The van der Waals surface area contributed by atoms with E-state index in [9.17, 15) is 0 Å². The molecule has 0 unspecified atom stereocenters. The van der Waals surface area contributed by atoms with Gasteiger partial charge in [0.15, 0.2) is 0 Å². The highest BCUT2D eigenvalue weighted by Crippen LogP contribution is 2.41. The quantitative estimate of drug-likeness (QED) is 0.250. The van der Waals surface area contributed by atoms with Gasteiger partial charge < -0.3 is 10.3 Å². The zero-order chi connectivity index (χ0) is 23.6. The molecular formula is C32H20N2S2. The molecule has 0 atom stereocenters. The van der Waals surface area contributed by atoms with Crippen LogP contribution in [0.3, 0.4) is 0 Å². The van der Waals surface area contributed by atoms with Crippen LogP contribution in [-0.4, -0.2) is 4.98 Å². The Morgan fingerprint density at radius 3 is 2.08 bits per heavy atom. The summed E-state index contributed by atoms with van der Waals surface area (Å²) < 4.78 is 5.29. The van der Waals surface area contributed by atoms with Crippen molar-refractivity contribution in [3.8, 4) is 11.1 Å². The van der Waals surface area contributed by atoms with Gasteiger partial charge in [0.05, 0.1) is 20.6 Å². The van der Waals surface area contributed by atoms with Gasteiger partial charge in [-0.1, -0.05) is 66.7 Å². The lowest BCUT2D eigenvalue weighted by atomic mass is 10.0. The van der Waals surface area contributed by atoms with Crippen molar-refractivity contribution in [2.75, 3.05) is 5.32 Å². The summed E-state index contributed by atoms with van der Waals surface area (Å²) in [5.41, 5.74) is 7.15. The standard InChI is InChI=1S/C32H20N2S2/c1-3-10-28-22(6-1)23-8-5-9-27(31(23)35-28)33-21-15-12-19(13-16-21)20-14-17-26-25(18-20)32-30(34-26)24-7-2-4-11-29(24)36-32/h1-18,33-34H. The molecule has 0 bridgehead atoms. The van der Waals surface area contributed by atoms with Crippen molar-refractivity contribution in [2.45, 2.75) is 0 Å². The summed E-state index contributed by atoms with van der Waals surface area (Å²) in [7, 11) is 0. The predicted octanol–water partition coefficient (Wildman–Crippen LogP) is 10.3. The van der Waals surface area contributed by atoms with Gasteiger partial charge in [-0.05, 0) is 53.6 Å². The Morgan fingerprint density at radius 1 is 0.528 bits per heavy atom. The van der Waals surface area contributed by atoms with E-state index in [2.05, 4.69) is 119 Å². The van der Waals surface area contributed by atoms with E-state index < -0.39 is 0 Å². The summed E-state index contributed by atoms with van der Waals surface area (Å²) in [6, 6.07) is 39.3. The molecule has 8 aromatic rings. The first-order valence-corrected chi connectivity index (χ1v) is 13.7. The van der Waals surface area contributed by atoms with Crippen molar-refractivity contribution in [1.29, 1.82) is 0 Å². The minimum Gasteiger partial charge on any atom is -0.354 e. The summed E-state index contributed by atoms with van der Waals surface area (Å²) in [6.45, 7) is 0. The van der Waals surface area contributed by atoms with Crippen molar-refractivity contribution in [1.82, 2.24) is 4.98 Å². The van der Waals surface area contributed by atoms with E-state index in [4.69, 9.17) is 0 Å². The number of H-pyrrole nitrogens is 1. The lowest BCUT2D eigenvalue weighted by molar-refractivity contribution is 1.55. The van der Waals surface area contributed by atoms with Gasteiger partial charge in [0.2, 0.25) is 0 Å². The maximum absolute atomic E-state index is 3.66. The topological polar surface area (TPSA) is 27.8 Å². The van der Waals surface area contributed by atoms with Gasteiger partial charge in [0.25, 0.3) is 0 Å². The maximum Gasteiger partial charge on any atom is 0.0654 e. The third-order valence-corrected chi connectivity index (χ3v) is 9.44. The average molecular weight is 497 g/mol. The molecule has 4 heteroatoms. The van der Waals surface area contributed by atoms with Gasteiger partial charge in [0.1, 0.15) is 0 Å². The first kappa shape index (κ1) is 20.1. The second kappa shape index (κ2) is 7.69. The number of hydrogen-bond donors (Lipinski definition) is 2. The van der Waals surface area contributed by atoms with E-state index >= 15 is 0 Å². The maximum atomic E-state index is 3.66. The molecule has 0 amide bonds. The van der Waals surface area contributed by atoms with Gasteiger partial charge in [-0.25, -0.2) is 0 Å². The van der Waals surface area contributed by atoms with E-state index in [0.29, 0.717) is 0 Å². The molecule has 3 aromatic heterocycles. The zero-order valence-electron chi connectivity index (χ0n) is 19.2. The molecular weight excluding hydrogens is 477 g/mol. The largest absolute Gasteiger partial charge is 0.354 e. The molecule has 0 radical (unpaired) electrons. The van der Waals surface area contributed by atoms with Crippen LogP contribution in [0.5, 0.6) is 0 Å². The molecule has 0 aliphatic rings. The number of aromatic nitrogens is 1. The van der Waals surface area contributed by atoms with Gasteiger partial charge in [-0.3, -0.25) is 0 Å². The molecule has 0 aliphatic carbocycles. The van der Waals surface area contributed by atoms with Gasteiger partial charge >= 0.3 is 0 Å². The highest BCUT2D eigenvalue weighted by Gasteiger charge is 2.12. The second-order valence-electron chi connectivity index (χ2n) is 9.17. The molecule has 0 spiro atoms. The van der Waals surface area contributed by atoms with Crippen LogP contribution in [0, 0.1) is 0 Å². The Morgan fingerprint density at radius 2 is 1.22 bits per heavy atom. The highest BCUT2D eigenvalue weighted by atomic mass is 32.1. The molecule has 8 rings (SSSR count). The molecule has 170 valence electrons. The second-order valence-corrected chi connectivity index (χ2v) is 11.3. The van der Waals surface area contributed by atoms with Gasteiger partial charge in [0, 0.05) is 42.1 Å². The summed E-state index contributed by atoms with van der Waals surface area (Å²) in [4.78, 5) is 3.64. The first-order valence-electron chi connectivity index (χ1n) is 12.0. The van der Waals surface area contributed by atoms with Crippen molar-refractivity contribution >= 4 is 85.4 Å². The van der Waals surface area contributed by atoms with E-state index in [1.54, 1.807) is 0 Å². The zero-order valence-corrected chi connectivity index (χ0v) is 20.8. The van der Waals surface area contributed by atoms with Gasteiger partial charge in [-0.15, -0.1) is 22.7 Å². The van der Waals surface area contributed by atoms with Crippen LogP contribution >= 0.6 is 22.7 Å². The predicted molar refractivity (Wildman–Crippen MR) is 159 cm³/mol. The fourth-order valence-electron chi connectivity index (χ4n) is 5.26. The Balaban J connectivity index is 1.16. The van der Waals surface area contributed by atoms with Crippen LogP contribution < -0.4 is 5.32 Å². The van der Waals surface area contributed by atoms with Crippen LogP contribution in [0.15, 0.2) is 109 Å². The van der Waals surface area contributed by atoms with Gasteiger partial charge in [-0.2, -0.15) is 0 Å². The number of fused-ring (bicyclic) bond motifs is 8. The summed E-state index contributed by atoms with van der Waals surface area (Å²) >= 11 is 3.71. The summed E-state index contributed by atoms with van der Waals surface area (Å²) in [5.74, 6) is 0. The normalized spacial score (nSPS) is 11.9. The average Bonchev–Trinajstić information content (AvgIpc) is 3.59. The molecule has 3 heterocycles. The number of anilines is 2. The smallest absolute Gasteiger partial charge is 0.0654 e. The van der Waals surface area contributed by atoms with Crippen molar-refractivity contribution in [3.05, 3.63) is 109 Å². The van der Waals surface area contributed by atoms with Crippen molar-refractivity contribution in [2.24, 2.45) is 0 Å². The third kappa shape index (κ3) is 3.02. The molecule has 0 saturated heterocycles. The van der Waals surface area contributed by atoms with Crippen molar-refractivity contribution in [3.63, 3.8) is 0 Å². The fourth-order valence-corrected chi connectivity index (χ4v) is 7.62. The monoisotopic (exact) mass is 496 g/mol. The molecule has 5 aromatic carbocycles. The SMILES string of the molecule is c1ccc2c(c1)sc1c(Nc3ccc(-c4ccc5[nH]c6c7ccccc7sc6c5c4)cc3)cccc12. The summed E-state index contributed by atoms with van der Waals surface area (Å²) in [5, 5.41) is 8.89. The third-order valence-electron chi connectivity index (χ3n) is 7.02. The molecule has 2 N–H and O–H groups in total. The number of thiophene rings is 2. The number of rotatable bonds is 3. The number of nitrogens with one attached hydrogen (secondary N) is 2. The number of aromatic amines is 1. The molecule has 0 aliphatic heterocycles. The lowest BCUT2D eigenvalue weighted by Gasteiger charge is -2.09. The number of hydrogen-bond acceptors (Lipinski definition) is 3. The molecule has 0 fully saturated rings. The fraction of sp³-hybridized carbons (Fsp3) is 0. The minimum absolute atomic E-state index is 1.10. The van der Waals surface area contributed by atoms with Crippen LogP contribution in [-0.2, 0) is 0 Å². The van der Waals surface area contributed by atoms with Crippen LogP contribution in [0.25, 0.3) is 62.5 Å². The Kier molecular flexibility index (Phi) is 4.30. The minimum atomic E-state index is 1.10. The van der Waals surface area contributed by atoms with E-state index in [-0.39, 0.29) is 0 Å². The number of benzene rings is 5. The first-order chi connectivity index (χ1) is 17.8. The molecule has 36 heavy (non-hydrogen) atoms. The Hall–Kier alpha value is -4.12. The van der Waals surface area contributed by atoms with E-state index in [0.717, 1.165) is 11.4 Å². The molecule has 2 nitrogen and oxygen atoms in total. The van der Waals surface area contributed by atoms with Crippen LogP contribution in [0.1, 0.15) is 0 Å².